The standard InChI is InChI=1S/C12H16FNO2S/c1-16-10-2-3-11(13)12(8-10)14-9-4-6-17(15)7-5-9/h2-3,8-9,14H,4-7H2,1H3. The molecular weight excluding hydrogens is 241 g/mol. The van der Waals surface area contributed by atoms with Crippen LogP contribution in [0.15, 0.2) is 18.2 Å². The summed E-state index contributed by atoms with van der Waals surface area (Å²) in [6.45, 7) is 0. The number of benzene rings is 1. The summed E-state index contributed by atoms with van der Waals surface area (Å²) < 4.78 is 29.8. The first kappa shape index (κ1) is 12.4. The van der Waals surface area contributed by atoms with Gasteiger partial charge >= 0.3 is 0 Å². The number of halogens is 1. The molecule has 2 rings (SSSR count). The first-order chi connectivity index (χ1) is 8.19. The van der Waals surface area contributed by atoms with E-state index in [9.17, 15) is 8.60 Å². The zero-order valence-electron chi connectivity index (χ0n) is 9.74. The predicted octanol–water partition coefficient (Wildman–Crippen LogP) is 2.16. The van der Waals surface area contributed by atoms with Crippen LogP contribution in [-0.4, -0.2) is 28.9 Å². The largest absolute Gasteiger partial charge is 0.497 e. The lowest BCUT2D eigenvalue weighted by molar-refractivity contribution is 0.414. The Hall–Kier alpha value is -1.10. The second-order valence-corrected chi connectivity index (χ2v) is 5.81. The third kappa shape index (κ3) is 3.19. The Bertz CT molecular complexity index is 415. The van der Waals surface area contributed by atoms with Gasteiger partial charge in [0.25, 0.3) is 0 Å². The van der Waals surface area contributed by atoms with E-state index in [4.69, 9.17) is 4.74 Å². The summed E-state index contributed by atoms with van der Waals surface area (Å²) in [4.78, 5) is 0. The van der Waals surface area contributed by atoms with Crippen molar-refractivity contribution in [3.05, 3.63) is 24.0 Å². The summed E-state index contributed by atoms with van der Waals surface area (Å²) >= 11 is 0. The van der Waals surface area contributed by atoms with Crippen LogP contribution in [-0.2, 0) is 10.8 Å². The van der Waals surface area contributed by atoms with Gasteiger partial charge in [0.15, 0.2) is 0 Å². The molecule has 0 bridgehead atoms. The SMILES string of the molecule is COc1ccc(F)c(NC2CCS(=O)CC2)c1. The highest BCUT2D eigenvalue weighted by Gasteiger charge is 2.18. The van der Waals surface area contributed by atoms with Crippen molar-refractivity contribution in [2.75, 3.05) is 23.9 Å². The lowest BCUT2D eigenvalue weighted by atomic mass is 10.1. The zero-order valence-corrected chi connectivity index (χ0v) is 10.6. The Morgan fingerprint density at radius 1 is 1.41 bits per heavy atom. The van der Waals surface area contributed by atoms with Crippen LogP contribution in [0.1, 0.15) is 12.8 Å². The molecule has 0 saturated carbocycles. The minimum atomic E-state index is -0.689. The zero-order chi connectivity index (χ0) is 12.3. The molecule has 0 aromatic heterocycles. The van der Waals surface area contributed by atoms with E-state index < -0.39 is 10.8 Å². The van der Waals surface area contributed by atoms with Gasteiger partial charge in [0, 0.05) is 34.4 Å². The molecule has 0 spiro atoms. The van der Waals surface area contributed by atoms with Crippen LogP contribution in [0.5, 0.6) is 5.75 Å². The van der Waals surface area contributed by atoms with E-state index >= 15 is 0 Å². The lowest BCUT2D eigenvalue weighted by Crippen LogP contribution is -2.29. The quantitative estimate of drug-likeness (QED) is 0.901. The van der Waals surface area contributed by atoms with Gasteiger partial charge in [-0.15, -0.1) is 0 Å². The van der Waals surface area contributed by atoms with Crippen molar-refractivity contribution < 1.29 is 13.3 Å². The van der Waals surface area contributed by atoms with Crippen LogP contribution in [0, 0.1) is 5.82 Å². The third-order valence-electron chi connectivity index (χ3n) is 2.92. The molecule has 0 atom stereocenters. The van der Waals surface area contributed by atoms with Gasteiger partial charge in [0.05, 0.1) is 12.8 Å². The van der Waals surface area contributed by atoms with E-state index in [0.29, 0.717) is 22.9 Å². The molecule has 3 nitrogen and oxygen atoms in total. The average Bonchev–Trinajstić information content (AvgIpc) is 2.35. The van der Waals surface area contributed by atoms with Crippen molar-refractivity contribution in [2.24, 2.45) is 0 Å². The Labute approximate surface area is 103 Å². The van der Waals surface area contributed by atoms with E-state index in [1.807, 2.05) is 0 Å². The summed E-state index contributed by atoms with van der Waals surface area (Å²) in [5, 5.41) is 3.15. The summed E-state index contributed by atoms with van der Waals surface area (Å²) in [6, 6.07) is 4.84. The van der Waals surface area contributed by atoms with Gasteiger partial charge in [0.1, 0.15) is 11.6 Å². The molecule has 94 valence electrons. The van der Waals surface area contributed by atoms with Gasteiger partial charge in [-0.05, 0) is 25.0 Å². The van der Waals surface area contributed by atoms with Crippen molar-refractivity contribution in [3.63, 3.8) is 0 Å². The molecule has 1 N–H and O–H groups in total. The highest BCUT2D eigenvalue weighted by molar-refractivity contribution is 7.85. The van der Waals surface area contributed by atoms with Gasteiger partial charge in [-0.3, -0.25) is 4.21 Å². The highest BCUT2D eigenvalue weighted by atomic mass is 32.2. The number of hydrogen-bond donors (Lipinski definition) is 1. The molecule has 1 fully saturated rings. The Morgan fingerprint density at radius 2 is 2.12 bits per heavy atom. The van der Waals surface area contributed by atoms with Crippen LogP contribution < -0.4 is 10.1 Å². The molecule has 1 aromatic carbocycles. The molecule has 5 heteroatoms. The summed E-state index contributed by atoms with van der Waals surface area (Å²) in [6.07, 6.45) is 1.65. The average molecular weight is 257 g/mol. The van der Waals surface area contributed by atoms with Crippen LogP contribution in [0.4, 0.5) is 10.1 Å². The first-order valence-corrected chi connectivity index (χ1v) is 7.13. The van der Waals surface area contributed by atoms with Crippen LogP contribution >= 0.6 is 0 Å². The Balaban J connectivity index is 2.04. The first-order valence-electron chi connectivity index (χ1n) is 5.64. The minimum Gasteiger partial charge on any atom is -0.497 e. The molecule has 0 radical (unpaired) electrons. The summed E-state index contributed by atoms with van der Waals surface area (Å²) in [7, 11) is 0.868. The maximum absolute atomic E-state index is 13.6. The normalized spacial score (nSPS) is 24.4. The molecule has 1 saturated heterocycles. The summed E-state index contributed by atoms with van der Waals surface area (Å²) in [5.41, 5.74) is 0.460. The molecule has 0 aliphatic carbocycles. The molecule has 1 aromatic rings. The number of anilines is 1. The van der Waals surface area contributed by atoms with Crippen molar-refractivity contribution >= 4 is 16.5 Å². The van der Waals surface area contributed by atoms with Gasteiger partial charge in [0.2, 0.25) is 0 Å². The fourth-order valence-electron chi connectivity index (χ4n) is 1.90. The van der Waals surface area contributed by atoms with Crippen LogP contribution in [0.2, 0.25) is 0 Å². The fraction of sp³-hybridized carbons (Fsp3) is 0.500. The third-order valence-corrected chi connectivity index (χ3v) is 4.30. The topological polar surface area (TPSA) is 38.3 Å². The highest BCUT2D eigenvalue weighted by Crippen LogP contribution is 2.23. The number of hydrogen-bond acceptors (Lipinski definition) is 3. The van der Waals surface area contributed by atoms with Crippen molar-refractivity contribution in [3.8, 4) is 5.75 Å². The van der Waals surface area contributed by atoms with Crippen molar-refractivity contribution in [1.29, 1.82) is 0 Å². The minimum absolute atomic E-state index is 0.203. The predicted molar refractivity (Wildman–Crippen MR) is 67.5 cm³/mol. The summed E-state index contributed by atoms with van der Waals surface area (Å²) in [5.74, 6) is 1.75. The second kappa shape index (κ2) is 5.49. The maximum atomic E-state index is 13.6. The smallest absolute Gasteiger partial charge is 0.146 e. The molecule has 1 aliphatic rings. The monoisotopic (exact) mass is 257 g/mol. The van der Waals surface area contributed by atoms with Gasteiger partial charge in [-0.1, -0.05) is 0 Å². The van der Waals surface area contributed by atoms with E-state index in [-0.39, 0.29) is 11.9 Å². The number of methoxy groups -OCH3 is 1. The fourth-order valence-corrected chi connectivity index (χ4v) is 3.20. The van der Waals surface area contributed by atoms with Crippen molar-refractivity contribution in [1.82, 2.24) is 0 Å². The van der Waals surface area contributed by atoms with E-state index in [0.717, 1.165) is 12.8 Å². The molecule has 17 heavy (non-hydrogen) atoms. The van der Waals surface area contributed by atoms with Gasteiger partial charge in [-0.25, -0.2) is 4.39 Å². The molecule has 0 unspecified atom stereocenters. The Kier molecular flexibility index (Phi) is 3.99. The molecular formula is C12H16FNO2S. The van der Waals surface area contributed by atoms with Gasteiger partial charge < -0.3 is 10.1 Å². The molecule has 1 aliphatic heterocycles. The van der Waals surface area contributed by atoms with Crippen molar-refractivity contribution in [2.45, 2.75) is 18.9 Å². The second-order valence-electron chi connectivity index (χ2n) is 4.11. The molecule has 0 amide bonds. The number of nitrogens with one attached hydrogen (secondary N) is 1. The van der Waals surface area contributed by atoms with E-state index in [2.05, 4.69) is 5.32 Å². The van der Waals surface area contributed by atoms with Crippen LogP contribution in [0.3, 0.4) is 0 Å². The number of rotatable bonds is 3. The van der Waals surface area contributed by atoms with Crippen LogP contribution in [0.25, 0.3) is 0 Å². The Morgan fingerprint density at radius 3 is 2.76 bits per heavy atom. The maximum Gasteiger partial charge on any atom is 0.146 e. The van der Waals surface area contributed by atoms with E-state index in [1.54, 1.807) is 19.2 Å². The lowest BCUT2D eigenvalue weighted by Gasteiger charge is -2.24. The van der Waals surface area contributed by atoms with Gasteiger partial charge in [-0.2, -0.15) is 0 Å². The van der Waals surface area contributed by atoms with E-state index in [1.165, 1.54) is 6.07 Å². The molecule has 1 heterocycles. The number of ether oxygens (including phenoxy) is 1.